The zero-order valence-corrected chi connectivity index (χ0v) is 10.1. The molecule has 16 heavy (non-hydrogen) atoms. The van der Waals surface area contributed by atoms with Gasteiger partial charge in [-0.3, -0.25) is 4.79 Å². The largest absolute Gasteiger partial charge is 0.274 e. The summed E-state index contributed by atoms with van der Waals surface area (Å²) in [7, 11) is 0. The molecule has 0 bridgehead atoms. The van der Waals surface area contributed by atoms with E-state index in [0.29, 0.717) is 0 Å². The molecule has 0 heterocycles. The highest BCUT2D eigenvalue weighted by Gasteiger charge is 1.98. The third-order valence-corrected chi connectivity index (χ3v) is 2.29. The molecule has 0 aliphatic rings. The smallest absolute Gasteiger partial charge is 0.236 e. The number of aryl methyl sites for hydroxylation is 1. The highest BCUT2D eigenvalue weighted by molar-refractivity contribution is 5.99. The molecule has 3 heteroatoms. The van der Waals surface area contributed by atoms with Crippen LogP contribution in [0.3, 0.4) is 0 Å². The molecule has 0 radical (unpaired) electrons. The molecule has 0 saturated heterocycles. The van der Waals surface area contributed by atoms with Gasteiger partial charge in [-0.2, -0.15) is 5.10 Å². The number of amides is 1. The van der Waals surface area contributed by atoms with E-state index in [0.717, 1.165) is 24.1 Å². The first-order valence-electron chi connectivity index (χ1n) is 5.53. The van der Waals surface area contributed by atoms with E-state index in [1.807, 2.05) is 19.1 Å². The molecule has 0 saturated carbocycles. The predicted molar refractivity (Wildman–Crippen MR) is 66.5 cm³/mol. The van der Waals surface area contributed by atoms with Gasteiger partial charge in [-0.05, 0) is 24.5 Å². The number of carbonyl (C=O) groups is 1. The second-order valence-corrected chi connectivity index (χ2v) is 3.81. The summed E-state index contributed by atoms with van der Waals surface area (Å²) in [6.45, 7) is 5.49. The molecule has 1 amide bonds. The minimum atomic E-state index is -0.151. The van der Waals surface area contributed by atoms with Gasteiger partial charge in [0.25, 0.3) is 0 Å². The molecule has 1 aromatic rings. The molecule has 0 unspecified atom stereocenters. The van der Waals surface area contributed by atoms with Crippen LogP contribution in [0.5, 0.6) is 0 Å². The Labute approximate surface area is 96.6 Å². The van der Waals surface area contributed by atoms with E-state index in [2.05, 4.69) is 29.6 Å². The first-order valence-corrected chi connectivity index (χ1v) is 5.53. The van der Waals surface area contributed by atoms with Crippen molar-refractivity contribution in [3.05, 3.63) is 35.4 Å². The second kappa shape index (κ2) is 6.05. The van der Waals surface area contributed by atoms with Crippen molar-refractivity contribution in [1.82, 2.24) is 5.43 Å². The number of rotatable bonds is 4. The van der Waals surface area contributed by atoms with E-state index >= 15 is 0 Å². The van der Waals surface area contributed by atoms with Crippen LogP contribution in [0.2, 0.25) is 0 Å². The minimum Gasteiger partial charge on any atom is -0.274 e. The van der Waals surface area contributed by atoms with Gasteiger partial charge in [-0.1, -0.05) is 37.6 Å². The number of hydrazone groups is 1. The van der Waals surface area contributed by atoms with Gasteiger partial charge in [0.1, 0.15) is 0 Å². The third kappa shape index (κ3) is 3.85. The Kier molecular flexibility index (Phi) is 4.70. The number of benzene rings is 1. The summed E-state index contributed by atoms with van der Waals surface area (Å²) in [5.74, 6) is -0.151. The van der Waals surface area contributed by atoms with Crippen molar-refractivity contribution in [2.24, 2.45) is 5.10 Å². The zero-order valence-electron chi connectivity index (χ0n) is 10.1. The van der Waals surface area contributed by atoms with Gasteiger partial charge in [-0.25, -0.2) is 5.43 Å². The van der Waals surface area contributed by atoms with Gasteiger partial charge in [0.05, 0.1) is 5.71 Å². The lowest BCUT2D eigenvalue weighted by Gasteiger charge is -2.03. The van der Waals surface area contributed by atoms with Crippen molar-refractivity contribution in [3.8, 4) is 0 Å². The second-order valence-electron chi connectivity index (χ2n) is 3.81. The van der Waals surface area contributed by atoms with Crippen LogP contribution in [0.25, 0.3) is 0 Å². The van der Waals surface area contributed by atoms with Gasteiger partial charge in [0.2, 0.25) is 5.91 Å². The van der Waals surface area contributed by atoms with Crippen molar-refractivity contribution >= 4 is 11.6 Å². The Bertz CT molecular complexity index is 379. The van der Waals surface area contributed by atoms with Crippen molar-refractivity contribution in [2.75, 3.05) is 0 Å². The Morgan fingerprint density at radius 1 is 1.25 bits per heavy atom. The lowest BCUT2D eigenvalue weighted by Crippen LogP contribution is -2.14. The Hall–Kier alpha value is -1.64. The molecule has 0 fully saturated rings. The van der Waals surface area contributed by atoms with Crippen LogP contribution in [0, 0.1) is 0 Å². The van der Waals surface area contributed by atoms with E-state index in [1.54, 1.807) is 0 Å². The summed E-state index contributed by atoms with van der Waals surface area (Å²) in [5.41, 5.74) is 5.62. The van der Waals surface area contributed by atoms with Crippen LogP contribution in [-0.2, 0) is 11.2 Å². The van der Waals surface area contributed by atoms with Crippen molar-refractivity contribution in [3.63, 3.8) is 0 Å². The summed E-state index contributed by atoms with van der Waals surface area (Å²) in [4.78, 5) is 10.7. The number of nitrogens with zero attached hydrogens (tertiary/aromatic N) is 1. The number of carbonyl (C=O) groups excluding carboxylic acids is 1. The van der Waals surface area contributed by atoms with E-state index in [-0.39, 0.29) is 5.91 Å². The quantitative estimate of drug-likeness (QED) is 0.612. The minimum absolute atomic E-state index is 0.151. The van der Waals surface area contributed by atoms with Gasteiger partial charge in [0, 0.05) is 6.92 Å². The van der Waals surface area contributed by atoms with Crippen molar-refractivity contribution in [1.29, 1.82) is 0 Å². The summed E-state index contributed by atoms with van der Waals surface area (Å²) in [6.07, 6.45) is 2.25. The van der Waals surface area contributed by atoms with Gasteiger partial charge in [0.15, 0.2) is 0 Å². The number of nitrogens with one attached hydrogen (secondary N) is 1. The van der Waals surface area contributed by atoms with Crippen LogP contribution in [-0.4, -0.2) is 11.6 Å². The van der Waals surface area contributed by atoms with Crippen molar-refractivity contribution < 1.29 is 4.79 Å². The van der Waals surface area contributed by atoms with Crippen LogP contribution in [0.1, 0.15) is 38.3 Å². The topological polar surface area (TPSA) is 41.5 Å². The molecule has 0 aromatic heterocycles. The molecule has 1 N–H and O–H groups in total. The molecular formula is C13H18N2O. The maximum absolute atomic E-state index is 10.7. The first kappa shape index (κ1) is 12.4. The molecule has 1 rings (SSSR count). The SMILES string of the molecule is CCCc1ccc(/C(C)=N/NC(C)=O)cc1. The Balaban J connectivity index is 2.73. The van der Waals surface area contributed by atoms with Crippen LogP contribution in [0.4, 0.5) is 0 Å². The molecular weight excluding hydrogens is 200 g/mol. The van der Waals surface area contributed by atoms with E-state index in [1.165, 1.54) is 12.5 Å². The first-order chi connectivity index (χ1) is 7.63. The fraction of sp³-hybridized carbons (Fsp3) is 0.385. The van der Waals surface area contributed by atoms with Gasteiger partial charge >= 0.3 is 0 Å². The fourth-order valence-electron chi connectivity index (χ4n) is 1.43. The highest BCUT2D eigenvalue weighted by Crippen LogP contribution is 2.07. The maximum Gasteiger partial charge on any atom is 0.236 e. The van der Waals surface area contributed by atoms with Crippen LogP contribution < -0.4 is 5.43 Å². The average Bonchev–Trinajstić information content (AvgIpc) is 2.27. The summed E-state index contributed by atoms with van der Waals surface area (Å²) < 4.78 is 0. The monoisotopic (exact) mass is 218 g/mol. The lowest BCUT2D eigenvalue weighted by atomic mass is 10.1. The van der Waals surface area contributed by atoms with Crippen LogP contribution in [0.15, 0.2) is 29.4 Å². The molecule has 0 atom stereocenters. The highest BCUT2D eigenvalue weighted by atomic mass is 16.2. The predicted octanol–water partition coefficient (Wildman–Crippen LogP) is 2.50. The standard InChI is InChI=1S/C13H18N2O/c1-4-5-12-6-8-13(9-7-12)10(2)14-15-11(3)16/h6-9H,4-5H2,1-3H3,(H,15,16)/b14-10+. The Morgan fingerprint density at radius 3 is 2.38 bits per heavy atom. The van der Waals surface area contributed by atoms with Gasteiger partial charge in [-0.15, -0.1) is 0 Å². The Morgan fingerprint density at radius 2 is 1.88 bits per heavy atom. The van der Waals surface area contributed by atoms with E-state index < -0.39 is 0 Å². The van der Waals surface area contributed by atoms with Gasteiger partial charge < -0.3 is 0 Å². The third-order valence-electron chi connectivity index (χ3n) is 2.29. The summed E-state index contributed by atoms with van der Waals surface area (Å²) in [6, 6.07) is 8.27. The van der Waals surface area contributed by atoms with E-state index in [9.17, 15) is 4.79 Å². The fourth-order valence-corrected chi connectivity index (χ4v) is 1.43. The van der Waals surface area contributed by atoms with Crippen LogP contribution >= 0.6 is 0 Å². The number of hydrogen-bond donors (Lipinski definition) is 1. The lowest BCUT2D eigenvalue weighted by molar-refractivity contribution is -0.118. The van der Waals surface area contributed by atoms with Crippen molar-refractivity contribution in [2.45, 2.75) is 33.6 Å². The maximum atomic E-state index is 10.7. The molecule has 0 aliphatic carbocycles. The zero-order chi connectivity index (χ0) is 12.0. The number of hydrogen-bond acceptors (Lipinski definition) is 2. The normalized spacial score (nSPS) is 11.3. The summed E-state index contributed by atoms with van der Waals surface area (Å²) in [5, 5.41) is 3.99. The summed E-state index contributed by atoms with van der Waals surface area (Å²) >= 11 is 0. The molecule has 1 aromatic carbocycles. The molecule has 3 nitrogen and oxygen atoms in total. The molecule has 0 spiro atoms. The van der Waals surface area contributed by atoms with E-state index in [4.69, 9.17) is 0 Å². The molecule has 86 valence electrons. The average molecular weight is 218 g/mol. The molecule has 0 aliphatic heterocycles.